The predicted octanol–water partition coefficient (Wildman–Crippen LogP) is 0.290. The van der Waals surface area contributed by atoms with Crippen LogP contribution in [0.2, 0.25) is 0 Å². The standard InChI is InChI=1S/CHO2.CH2O2.Fe/c1-2-3-1;2-1-3;/h1H;1H,(H,2,3);/q-1;;. The molecule has 1 aromatic rings. The van der Waals surface area contributed by atoms with E-state index >= 15 is 0 Å². The molecule has 1 heterocycles. The Balaban J connectivity index is 0. The van der Waals surface area contributed by atoms with Gasteiger partial charge in [-0.25, -0.2) is 0 Å². The number of hydrogen-bond acceptors (Lipinski definition) is 3. The molecule has 0 aliphatic heterocycles. The van der Waals surface area contributed by atoms with Gasteiger partial charge in [-0.1, -0.05) is 0 Å². The van der Waals surface area contributed by atoms with Crippen LogP contribution in [-0.4, -0.2) is 11.6 Å². The van der Waals surface area contributed by atoms with Crippen molar-refractivity contribution in [3.63, 3.8) is 0 Å². The molecular formula is C2H3FeO4-. The number of carboxylic acid groups (broad SMARTS) is 1. The van der Waals surface area contributed by atoms with Crippen molar-refractivity contribution in [3.05, 3.63) is 6.46 Å². The Hall–Kier alpha value is -0.541. The molecule has 0 spiro atoms. The molecule has 0 aliphatic rings. The minimum Gasteiger partial charge on any atom is -0.483 e. The van der Waals surface area contributed by atoms with Gasteiger partial charge in [-0.3, -0.25) is 4.79 Å². The average molecular weight is 147 g/mol. The second-order valence-electron chi connectivity index (χ2n) is 0.394. The summed E-state index contributed by atoms with van der Waals surface area (Å²) in [6.45, 7) is 1.00. The number of carbonyl (C=O) groups is 1. The van der Waals surface area contributed by atoms with E-state index in [9.17, 15) is 0 Å². The smallest absolute Gasteiger partial charge is 0.290 e. The third-order valence-electron chi connectivity index (χ3n) is 0.0962. The van der Waals surface area contributed by atoms with E-state index < -0.39 is 0 Å². The molecule has 0 aromatic carbocycles. The van der Waals surface area contributed by atoms with E-state index in [0.717, 1.165) is 0 Å². The molecule has 0 radical (unpaired) electrons. The molecule has 0 unspecified atom stereocenters. The van der Waals surface area contributed by atoms with E-state index in [-0.39, 0.29) is 23.5 Å². The number of hydrogen-bond donors (Lipinski definition) is 1. The molecule has 1 N–H and O–H groups in total. The topological polar surface area (TPSA) is 63.6 Å². The van der Waals surface area contributed by atoms with Crippen molar-refractivity contribution in [1.82, 2.24) is 0 Å². The van der Waals surface area contributed by atoms with Crippen LogP contribution in [0.1, 0.15) is 0 Å². The zero-order valence-electron chi connectivity index (χ0n) is 3.18. The largest absolute Gasteiger partial charge is 0.483 e. The normalized spacial score (nSPS) is 5.14. The van der Waals surface area contributed by atoms with Gasteiger partial charge in [-0.15, -0.1) is 0 Å². The van der Waals surface area contributed by atoms with Gasteiger partial charge < -0.3 is 14.3 Å². The van der Waals surface area contributed by atoms with Crippen LogP contribution in [-0.2, 0) is 21.9 Å². The van der Waals surface area contributed by atoms with E-state index in [1.807, 2.05) is 0 Å². The molecule has 4 nitrogen and oxygen atoms in total. The van der Waals surface area contributed by atoms with Crippen molar-refractivity contribution >= 4 is 6.47 Å². The maximum Gasteiger partial charge on any atom is 0.290 e. The van der Waals surface area contributed by atoms with Crippen LogP contribution in [0.4, 0.5) is 0 Å². The zero-order valence-corrected chi connectivity index (χ0v) is 4.28. The Morgan fingerprint density at radius 3 is 1.71 bits per heavy atom. The van der Waals surface area contributed by atoms with Crippen LogP contribution in [0.5, 0.6) is 0 Å². The molecule has 1 aromatic heterocycles. The van der Waals surface area contributed by atoms with Crippen LogP contribution < -0.4 is 0 Å². The van der Waals surface area contributed by atoms with E-state index in [1.54, 1.807) is 0 Å². The molecule has 0 atom stereocenters. The molecule has 0 amide bonds. The van der Waals surface area contributed by atoms with Gasteiger partial charge in [-0.2, -0.15) is 0 Å². The van der Waals surface area contributed by atoms with Crippen LogP contribution in [0, 0.1) is 0 Å². The van der Waals surface area contributed by atoms with Crippen LogP contribution >= 0.6 is 0 Å². The Kier molecular flexibility index (Phi) is 12.5. The van der Waals surface area contributed by atoms with Crippen molar-refractivity contribution in [2.45, 2.75) is 0 Å². The third-order valence-corrected chi connectivity index (χ3v) is 0.0962. The Morgan fingerprint density at radius 1 is 1.57 bits per heavy atom. The van der Waals surface area contributed by atoms with Gasteiger partial charge >= 0.3 is 0 Å². The van der Waals surface area contributed by atoms with Gasteiger partial charge in [0.05, 0.1) is 0 Å². The molecule has 0 saturated heterocycles. The Labute approximate surface area is 49.9 Å². The predicted molar refractivity (Wildman–Crippen MR) is 15.3 cm³/mol. The van der Waals surface area contributed by atoms with Crippen molar-refractivity contribution in [3.8, 4) is 0 Å². The van der Waals surface area contributed by atoms with Crippen molar-refractivity contribution in [2.75, 3.05) is 0 Å². The first-order valence-corrected chi connectivity index (χ1v) is 1.13. The van der Waals surface area contributed by atoms with Gasteiger partial charge in [0.1, 0.15) is 0 Å². The van der Waals surface area contributed by atoms with Gasteiger partial charge in [0.15, 0.2) is 0 Å². The van der Waals surface area contributed by atoms with Gasteiger partial charge in [0.25, 0.3) is 6.47 Å². The van der Waals surface area contributed by atoms with Gasteiger partial charge in [0, 0.05) is 23.5 Å². The molecule has 0 fully saturated rings. The van der Waals surface area contributed by atoms with Gasteiger partial charge in [0.2, 0.25) is 0 Å². The van der Waals surface area contributed by atoms with Crippen molar-refractivity contribution in [2.24, 2.45) is 0 Å². The summed E-state index contributed by atoms with van der Waals surface area (Å²) in [4.78, 5) is 8.36. The van der Waals surface area contributed by atoms with Crippen molar-refractivity contribution in [1.29, 1.82) is 0 Å². The molecule has 0 bridgehead atoms. The molecule has 0 saturated carbocycles. The molecule has 1 rings (SSSR count). The fourth-order valence-corrected chi connectivity index (χ4v) is 0. The monoisotopic (exact) mass is 147 g/mol. The summed E-state index contributed by atoms with van der Waals surface area (Å²) >= 11 is 0. The third kappa shape index (κ3) is 309. The van der Waals surface area contributed by atoms with E-state index in [0.29, 0.717) is 0 Å². The van der Waals surface area contributed by atoms with Crippen LogP contribution in [0.3, 0.4) is 0 Å². The first kappa shape index (κ1) is 9.68. The van der Waals surface area contributed by atoms with Crippen LogP contribution in [0.25, 0.3) is 0 Å². The SMILES string of the molecule is O=CO.[Fe].[cH-]1oo1. The maximum atomic E-state index is 8.36. The average Bonchev–Trinajstić information content (AvgIpc) is 2.11. The Bertz CT molecular complexity index is 63.7. The molecule has 7 heavy (non-hydrogen) atoms. The summed E-state index contributed by atoms with van der Waals surface area (Å²) in [6, 6.07) is 0. The summed E-state index contributed by atoms with van der Waals surface area (Å²) < 4.78 is 7.75. The molecule has 5 heteroatoms. The second kappa shape index (κ2) is 9.07. The molecular weight excluding hydrogens is 144 g/mol. The minimum atomic E-state index is -0.250. The summed E-state index contributed by atoms with van der Waals surface area (Å²) in [5, 5.41) is 6.89. The van der Waals surface area contributed by atoms with E-state index in [2.05, 4.69) is 9.15 Å². The first-order valence-electron chi connectivity index (χ1n) is 1.13. The first-order chi connectivity index (χ1) is 2.91. The Morgan fingerprint density at radius 2 is 1.71 bits per heavy atom. The summed E-state index contributed by atoms with van der Waals surface area (Å²) in [7, 11) is 0. The van der Waals surface area contributed by atoms with Crippen molar-refractivity contribution < 1.29 is 36.1 Å². The summed E-state index contributed by atoms with van der Waals surface area (Å²) in [6.07, 6.45) is 0. The molecule has 44 valence electrons. The van der Waals surface area contributed by atoms with Crippen LogP contribution in [0.15, 0.2) is 15.6 Å². The van der Waals surface area contributed by atoms with E-state index in [1.165, 1.54) is 6.46 Å². The quantitative estimate of drug-likeness (QED) is 0.248. The fraction of sp³-hybridized carbons (Fsp3) is 0. The van der Waals surface area contributed by atoms with E-state index in [4.69, 9.17) is 9.90 Å². The maximum absolute atomic E-state index is 8.36. The summed E-state index contributed by atoms with van der Waals surface area (Å²) in [5.41, 5.74) is 0. The molecule has 0 aliphatic carbocycles. The van der Waals surface area contributed by atoms with Gasteiger partial charge in [-0.05, 0) is 0 Å². The summed E-state index contributed by atoms with van der Waals surface area (Å²) in [5.74, 6) is 0. The zero-order chi connectivity index (χ0) is 4.83. The fourth-order valence-electron chi connectivity index (χ4n) is 0. The minimum absolute atomic E-state index is 0. The second-order valence-corrected chi connectivity index (χ2v) is 0.394. The number of rotatable bonds is 0.